The van der Waals surface area contributed by atoms with E-state index in [2.05, 4.69) is 4.72 Å². The second-order valence-corrected chi connectivity index (χ2v) is 6.12. The summed E-state index contributed by atoms with van der Waals surface area (Å²) >= 11 is 0. The van der Waals surface area contributed by atoms with E-state index in [9.17, 15) is 8.42 Å². The van der Waals surface area contributed by atoms with Crippen LogP contribution in [0.1, 0.15) is 25.4 Å². The van der Waals surface area contributed by atoms with Crippen LogP contribution < -0.4 is 10.5 Å². The van der Waals surface area contributed by atoms with Crippen LogP contribution in [0.15, 0.2) is 15.4 Å². The van der Waals surface area contributed by atoms with Crippen LogP contribution in [0.3, 0.4) is 0 Å². The Balaban J connectivity index is 3.09. The maximum Gasteiger partial charge on any atom is 0.244 e. The van der Waals surface area contributed by atoms with E-state index in [-0.39, 0.29) is 11.4 Å². The van der Waals surface area contributed by atoms with Gasteiger partial charge in [-0.3, -0.25) is 0 Å². The van der Waals surface area contributed by atoms with Crippen molar-refractivity contribution >= 4 is 10.0 Å². The summed E-state index contributed by atoms with van der Waals surface area (Å²) in [5.74, 6) is 0.959. The smallest absolute Gasteiger partial charge is 0.244 e. The SMILES string of the molecule is Cc1cc(S(=O)(=O)NC(C)(C)CN)c(C)o1. The highest BCUT2D eigenvalue weighted by molar-refractivity contribution is 7.89. The number of hydrogen-bond acceptors (Lipinski definition) is 4. The number of rotatable bonds is 4. The molecule has 1 heterocycles. The van der Waals surface area contributed by atoms with Gasteiger partial charge in [0, 0.05) is 12.1 Å². The van der Waals surface area contributed by atoms with E-state index in [1.165, 1.54) is 6.07 Å². The van der Waals surface area contributed by atoms with Crippen LogP contribution >= 0.6 is 0 Å². The van der Waals surface area contributed by atoms with Crippen molar-refractivity contribution in [1.29, 1.82) is 0 Å². The Morgan fingerprint density at radius 1 is 1.44 bits per heavy atom. The van der Waals surface area contributed by atoms with Crippen LogP contribution in [0, 0.1) is 13.8 Å². The third-order valence-electron chi connectivity index (χ3n) is 2.21. The molecule has 5 nitrogen and oxygen atoms in total. The molecular weight excluding hydrogens is 228 g/mol. The highest BCUT2D eigenvalue weighted by Crippen LogP contribution is 2.20. The highest BCUT2D eigenvalue weighted by Gasteiger charge is 2.27. The standard InChI is InChI=1S/C10H18N2O3S/c1-7-5-9(8(2)15-7)16(13,14)12-10(3,4)6-11/h5,12H,6,11H2,1-4H3. The van der Waals surface area contributed by atoms with Crippen molar-refractivity contribution in [3.05, 3.63) is 17.6 Å². The minimum Gasteiger partial charge on any atom is -0.465 e. The number of nitrogens with two attached hydrogens (primary N) is 1. The number of furan rings is 1. The fourth-order valence-electron chi connectivity index (χ4n) is 1.33. The van der Waals surface area contributed by atoms with Crippen molar-refractivity contribution in [3.63, 3.8) is 0 Å². The zero-order valence-electron chi connectivity index (χ0n) is 9.99. The third-order valence-corrected chi connectivity index (χ3v) is 4.01. The maximum absolute atomic E-state index is 12.0. The van der Waals surface area contributed by atoms with Crippen LogP contribution in [0.2, 0.25) is 0 Å². The lowest BCUT2D eigenvalue weighted by molar-refractivity contribution is 0.459. The lowest BCUT2D eigenvalue weighted by Crippen LogP contribution is -2.48. The molecule has 0 unspecified atom stereocenters. The summed E-state index contributed by atoms with van der Waals surface area (Å²) in [5, 5.41) is 0. The van der Waals surface area contributed by atoms with Gasteiger partial charge in [0.25, 0.3) is 0 Å². The van der Waals surface area contributed by atoms with Gasteiger partial charge in [-0.2, -0.15) is 0 Å². The Bertz CT molecular complexity index is 474. The molecule has 0 saturated carbocycles. The average Bonchev–Trinajstić information content (AvgIpc) is 2.44. The summed E-state index contributed by atoms with van der Waals surface area (Å²) in [7, 11) is -3.56. The molecule has 0 radical (unpaired) electrons. The van der Waals surface area contributed by atoms with Crippen LogP contribution in [0.25, 0.3) is 0 Å². The Hall–Kier alpha value is -0.850. The van der Waals surface area contributed by atoms with Crippen LogP contribution in [0.4, 0.5) is 0 Å². The first kappa shape index (κ1) is 13.2. The van der Waals surface area contributed by atoms with E-state index in [0.29, 0.717) is 11.5 Å². The van der Waals surface area contributed by atoms with E-state index in [1.54, 1.807) is 27.7 Å². The molecular formula is C10H18N2O3S. The van der Waals surface area contributed by atoms with Gasteiger partial charge in [-0.25, -0.2) is 13.1 Å². The molecule has 0 aromatic carbocycles. The predicted octanol–water partition coefficient (Wildman–Crippen LogP) is 0.912. The van der Waals surface area contributed by atoms with Crippen molar-refractivity contribution in [2.24, 2.45) is 5.73 Å². The molecule has 1 rings (SSSR count). The molecule has 6 heteroatoms. The van der Waals surface area contributed by atoms with Crippen molar-refractivity contribution in [2.45, 2.75) is 38.1 Å². The predicted molar refractivity (Wildman–Crippen MR) is 61.6 cm³/mol. The van der Waals surface area contributed by atoms with Gasteiger partial charge >= 0.3 is 0 Å². The van der Waals surface area contributed by atoms with Crippen molar-refractivity contribution < 1.29 is 12.8 Å². The van der Waals surface area contributed by atoms with Gasteiger partial charge in [0.05, 0.1) is 0 Å². The Kier molecular flexibility index (Phi) is 3.47. The van der Waals surface area contributed by atoms with Crippen LogP contribution in [-0.2, 0) is 10.0 Å². The second-order valence-electron chi connectivity index (χ2n) is 4.47. The summed E-state index contributed by atoms with van der Waals surface area (Å²) in [5.41, 5.74) is 4.81. The first-order valence-electron chi connectivity index (χ1n) is 4.99. The van der Waals surface area contributed by atoms with E-state index in [1.807, 2.05) is 0 Å². The normalized spacial score (nSPS) is 13.1. The average molecular weight is 246 g/mol. The molecule has 0 spiro atoms. The Morgan fingerprint density at radius 2 is 2.00 bits per heavy atom. The molecule has 0 aliphatic carbocycles. The number of aryl methyl sites for hydroxylation is 2. The number of hydrogen-bond donors (Lipinski definition) is 2. The topological polar surface area (TPSA) is 85.3 Å². The third kappa shape index (κ3) is 2.84. The monoisotopic (exact) mass is 246 g/mol. The molecule has 0 atom stereocenters. The van der Waals surface area contributed by atoms with Gasteiger partial charge in [-0.05, 0) is 33.8 Å². The lowest BCUT2D eigenvalue weighted by atomic mass is 10.1. The molecule has 0 amide bonds. The van der Waals surface area contributed by atoms with E-state index in [4.69, 9.17) is 10.2 Å². The molecule has 1 aromatic rings. The summed E-state index contributed by atoms with van der Waals surface area (Å²) < 4.78 is 31.8. The van der Waals surface area contributed by atoms with E-state index >= 15 is 0 Å². The van der Waals surface area contributed by atoms with Gasteiger partial charge in [-0.15, -0.1) is 0 Å². The van der Waals surface area contributed by atoms with E-state index in [0.717, 1.165) is 0 Å². The van der Waals surface area contributed by atoms with Crippen molar-refractivity contribution in [3.8, 4) is 0 Å². The molecule has 0 aliphatic heterocycles. The molecule has 3 N–H and O–H groups in total. The van der Waals surface area contributed by atoms with E-state index < -0.39 is 15.6 Å². The molecule has 0 bridgehead atoms. The first-order valence-corrected chi connectivity index (χ1v) is 6.47. The summed E-state index contributed by atoms with van der Waals surface area (Å²) in [6, 6.07) is 1.50. The van der Waals surface area contributed by atoms with Crippen LogP contribution in [-0.4, -0.2) is 20.5 Å². The zero-order chi connectivity index (χ0) is 12.6. The molecule has 16 heavy (non-hydrogen) atoms. The van der Waals surface area contributed by atoms with Gasteiger partial charge in [0.2, 0.25) is 10.0 Å². The van der Waals surface area contributed by atoms with Crippen molar-refractivity contribution in [1.82, 2.24) is 4.72 Å². The quantitative estimate of drug-likeness (QED) is 0.827. The largest absolute Gasteiger partial charge is 0.465 e. The molecule has 0 saturated heterocycles. The first-order chi connectivity index (χ1) is 7.18. The number of sulfonamides is 1. The lowest BCUT2D eigenvalue weighted by Gasteiger charge is -2.23. The Morgan fingerprint density at radius 3 is 2.38 bits per heavy atom. The summed E-state index contributed by atoms with van der Waals surface area (Å²) in [6.45, 7) is 7.01. The van der Waals surface area contributed by atoms with Gasteiger partial charge in [0.1, 0.15) is 16.4 Å². The highest BCUT2D eigenvalue weighted by atomic mass is 32.2. The number of nitrogens with one attached hydrogen (secondary N) is 1. The molecule has 0 aliphatic rings. The van der Waals surface area contributed by atoms with Crippen LogP contribution in [0.5, 0.6) is 0 Å². The second kappa shape index (κ2) is 4.20. The summed E-state index contributed by atoms with van der Waals surface area (Å²) in [6.07, 6.45) is 0. The van der Waals surface area contributed by atoms with Crippen molar-refractivity contribution in [2.75, 3.05) is 6.54 Å². The molecule has 1 aromatic heterocycles. The minimum atomic E-state index is -3.56. The zero-order valence-corrected chi connectivity index (χ0v) is 10.8. The molecule has 92 valence electrons. The molecule has 0 fully saturated rings. The van der Waals surface area contributed by atoms with Gasteiger partial charge in [-0.1, -0.05) is 0 Å². The summed E-state index contributed by atoms with van der Waals surface area (Å²) in [4.78, 5) is 0.173. The van der Waals surface area contributed by atoms with Gasteiger partial charge in [0.15, 0.2) is 0 Å². The maximum atomic E-state index is 12.0. The van der Waals surface area contributed by atoms with Gasteiger partial charge < -0.3 is 10.2 Å². The fraction of sp³-hybridized carbons (Fsp3) is 0.600. The minimum absolute atomic E-state index is 0.173. The fourth-order valence-corrected chi connectivity index (χ4v) is 3.00. The Labute approximate surface area is 96.1 Å².